The normalized spacial score (nSPS) is 16.3. The van der Waals surface area contributed by atoms with Crippen molar-refractivity contribution in [2.75, 3.05) is 13.2 Å². The van der Waals surface area contributed by atoms with Crippen molar-refractivity contribution in [3.05, 3.63) is 102 Å². The highest BCUT2D eigenvalue weighted by molar-refractivity contribution is 5.98. The second-order valence-corrected chi connectivity index (χ2v) is 9.13. The van der Waals surface area contributed by atoms with Crippen molar-refractivity contribution in [3.63, 3.8) is 0 Å². The zero-order valence-corrected chi connectivity index (χ0v) is 19.4. The van der Waals surface area contributed by atoms with E-state index in [1.807, 2.05) is 60.7 Å². The molecule has 1 aliphatic heterocycles. The molecule has 34 heavy (non-hydrogen) atoms. The van der Waals surface area contributed by atoms with Gasteiger partial charge in [0.2, 0.25) is 0 Å². The third-order valence-corrected chi connectivity index (χ3v) is 6.70. The van der Waals surface area contributed by atoms with Crippen molar-refractivity contribution in [2.24, 2.45) is 0 Å². The number of aliphatic hydroxyl groups excluding tert-OH is 1. The molecule has 0 amide bonds. The standard InChI is InChI=1S/C30H30O4/c1-21(31)24-17-25-18-27(10-11-28(25)29(19-24)23-7-3-2-4-8-23)34-20-22-6-5-9-26(16-22)30(32)12-14-33-15-13-30/h2-11,16-19,21,31-32H,12-15,20H2,1H3. The summed E-state index contributed by atoms with van der Waals surface area (Å²) in [4.78, 5) is 0. The van der Waals surface area contributed by atoms with Crippen molar-refractivity contribution < 1.29 is 19.7 Å². The molecule has 0 radical (unpaired) electrons. The van der Waals surface area contributed by atoms with Crippen LogP contribution in [0.5, 0.6) is 5.75 Å². The van der Waals surface area contributed by atoms with Crippen LogP contribution in [-0.2, 0) is 16.9 Å². The van der Waals surface area contributed by atoms with Crippen molar-refractivity contribution in [1.82, 2.24) is 0 Å². The van der Waals surface area contributed by atoms with Crippen LogP contribution in [0.3, 0.4) is 0 Å². The summed E-state index contributed by atoms with van der Waals surface area (Å²) in [7, 11) is 0. The molecular weight excluding hydrogens is 424 g/mol. The van der Waals surface area contributed by atoms with E-state index in [2.05, 4.69) is 24.3 Å². The van der Waals surface area contributed by atoms with Crippen LogP contribution in [0.2, 0.25) is 0 Å². The van der Waals surface area contributed by atoms with E-state index in [0.717, 1.165) is 44.3 Å². The van der Waals surface area contributed by atoms with Gasteiger partial charge in [0.1, 0.15) is 12.4 Å². The number of hydrogen-bond donors (Lipinski definition) is 2. The summed E-state index contributed by atoms with van der Waals surface area (Å²) < 4.78 is 11.6. The van der Waals surface area contributed by atoms with Gasteiger partial charge in [-0.25, -0.2) is 0 Å². The van der Waals surface area contributed by atoms with Crippen LogP contribution < -0.4 is 4.74 Å². The van der Waals surface area contributed by atoms with Gasteiger partial charge in [0.15, 0.2) is 0 Å². The van der Waals surface area contributed by atoms with E-state index in [9.17, 15) is 10.2 Å². The van der Waals surface area contributed by atoms with Crippen LogP contribution in [0.15, 0.2) is 84.9 Å². The molecule has 0 aliphatic carbocycles. The molecule has 4 heteroatoms. The smallest absolute Gasteiger partial charge is 0.120 e. The maximum Gasteiger partial charge on any atom is 0.120 e. The minimum Gasteiger partial charge on any atom is -0.489 e. The Morgan fingerprint density at radius 3 is 2.47 bits per heavy atom. The Labute approximate surface area is 200 Å². The molecule has 0 aromatic heterocycles. The molecule has 1 aliphatic rings. The zero-order chi connectivity index (χ0) is 23.5. The van der Waals surface area contributed by atoms with E-state index in [-0.39, 0.29) is 0 Å². The summed E-state index contributed by atoms with van der Waals surface area (Å²) in [5, 5.41) is 23.4. The van der Waals surface area contributed by atoms with Gasteiger partial charge in [-0.1, -0.05) is 54.6 Å². The van der Waals surface area contributed by atoms with Gasteiger partial charge in [-0.3, -0.25) is 0 Å². The molecule has 1 fully saturated rings. The summed E-state index contributed by atoms with van der Waals surface area (Å²) in [5.74, 6) is 0.768. The maximum absolute atomic E-state index is 11.0. The minimum atomic E-state index is -0.831. The Hall–Kier alpha value is -3.18. The molecule has 1 atom stereocenters. The monoisotopic (exact) mass is 454 g/mol. The Balaban J connectivity index is 1.41. The molecule has 5 rings (SSSR count). The van der Waals surface area contributed by atoms with Gasteiger partial charge >= 0.3 is 0 Å². The van der Waals surface area contributed by atoms with Crippen molar-refractivity contribution >= 4 is 10.8 Å². The molecule has 0 spiro atoms. The molecular formula is C30H30O4. The number of rotatable bonds is 6. The summed E-state index contributed by atoms with van der Waals surface area (Å²) in [6, 6.07) is 28.4. The third kappa shape index (κ3) is 4.71. The quantitative estimate of drug-likeness (QED) is 0.368. The maximum atomic E-state index is 11.0. The summed E-state index contributed by atoms with van der Waals surface area (Å²) >= 11 is 0. The Bertz CT molecular complexity index is 1270. The van der Waals surface area contributed by atoms with Crippen LogP contribution in [0.1, 0.15) is 42.6 Å². The van der Waals surface area contributed by atoms with Gasteiger partial charge in [-0.15, -0.1) is 0 Å². The molecule has 1 saturated heterocycles. The van der Waals surface area contributed by atoms with Crippen molar-refractivity contribution in [1.29, 1.82) is 0 Å². The van der Waals surface area contributed by atoms with E-state index in [0.29, 0.717) is 32.7 Å². The first-order chi connectivity index (χ1) is 16.5. The molecule has 1 heterocycles. The first-order valence-corrected chi connectivity index (χ1v) is 11.9. The van der Waals surface area contributed by atoms with Gasteiger partial charge in [-0.2, -0.15) is 0 Å². The first kappa shape index (κ1) is 22.6. The Morgan fingerprint density at radius 1 is 0.912 bits per heavy atom. The van der Waals surface area contributed by atoms with E-state index < -0.39 is 11.7 Å². The fourth-order valence-electron chi connectivity index (χ4n) is 4.67. The van der Waals surface area contributed by atoms with E-state index in [1.165, 1.54) is 0 Å². The molecule has 0 bridgehead atoms. The van der Waals surface area contributed by atoms with Crippen molar-refractivity contribution in [3.8, 4) is 16.9 Å². The van der Waals surface area contributed by atoms with Gasteiger partial charge in [0, 0.05) is 26.1 Å². The van der Waals surface area contributed by atoms with Crippen LogP contribution in [0.4, 0.5) is 0 Å². The molecule has 1 unspecified atom stereocenters. The third-order valence-electron chi connectivity index (χ3n) is 6.70. The van der Waals surface area contributed by atoms with E-state index in [1.54, 1.807) is 6.92 Å². The highest BCUT2D eigenvalue weighted by Crippen LogP contribution is 2.35. The molecule has 4 nitrogen and oxygen atoms in total. The number of ether oxygens (including phenoxy) is 2. The average Bonchev–Trinajstić information content (AvgIpc) is 2.87. The Kier molecular flexibility index (Phi) is 6.38. The van der Waals surface area contributed by atoms with Gasteiger partial charge in [-0.05, 0) is 75.8 Å². The second kappa shape index (κ2) is 9.59. The number of hydrogen-bond acceptors (Lipinski definition) is 4. The number of benzene rings is 4. The van der Waals surface area contributed by atoms with Gasteiger partial charge in [0.25, 0.3) is 0 Å². The highest BCUT2D eigenvalue weighted by atomic mass is 16.5. The molecule has 174 valence electrons. The number of aliphatic hydroxyl groups is 2. The largest absolute Gasteiger partial charge is 0.489 e. The van der Waals surface area contributed by atoms with Gasteiger partial charge in [0.05, 0.1) is 11.7 Å². The van der Waals surface area contributed by atoms with Crippen molar-refractivity contribution in [2.45, 2.75) is 38.1 Å². The summed E-state index contributed by atoms with van der Waals surface area (Å²) in [6.07, 6.45) is 0.657. The topological polar surface area (TPSA) is 58.9 Å². The predicted octanol–water partition coefficient (Wildman–Crippen LogP) is 6.14. The van der Waals surface area contributed by atoms with Crippen LogP contribution in [0, 0.1) is 0 Å². The first-order valence-electron chi connectivity index (χ1n) is 11.9. The van der Waals surface area contributed by atoms with Gasteiger partial charge < -0.3 is 19.7 Å². The van der Waals surface area contributed by atoms with E-state index >= 15 is 0 Å². The lowest BCUT2D eigenvalue weighted by molar-refractivity contribution is -0.0679. The summed E-state index contributed by atoms with van der Waals surface area (Å²) in [5.41, 5.74) is 4.19. The lowest BCUT2D eigenvalue weighted by Gasteiger charge is -2.32. The second-order valence-electron chi connectivity index (χ2n) is 9.13. The fraction of sp³-hybridized carbons (Fsp3) is 0.267. The number of fused-ring (bicyclic) bond motifs is 1. The van der Waals surface area contributed by atoms with E-state index in [4.69, 9.17) is 9.47 Å². The molecule has 4 aromatic rings. The minimum absolute atomic E-state index is 0.410. The molecule has 0 saturated carbocycles. The highest BCUT2D eigenvalue weighted by Gasteiger charge is 2.31. The Morgan fingerprint density at radius 2 is 1.71 bits per heavy atom. The predicted molar refractivity (Wildman–Crippen MR) is 135 cm³/mol. The van der Waals surface area contributed by atoms with Crippen LogP contribution in [-0.4, -0.2) is 23.4 Å². The summed E-state index contributed by atoms with van der Waals surface area (Å²) in [6.45, 7) is 3.35. The fourth-order valence-corrected chi connectivity index (χ4v) is 4.67. The zero-order valence-electron chi connectivity index (χ0n) is 19.4. The average molecular weight is 455 g/mol. The SMILES string of the molecule is CC(O)c1cc(-c2ccccc2)c2ccc(OCc3cccc(C4(O)CCOCC4)c3)cc2c1. The molecule has 4 aromatic carbocycles. The lowest BCUT2D eigenvalue weighted by atomic mass is 9.86. The lowest BCUT2D eigenvalue weighted by Crippen LogP contribution is -2.33. The van der Waals surface area contributed by atoms with Crippen LogP contribution in [0.25, 0.3) is 21.9 Å². The molecule has 2 N–H and O–H groups in total. The van der Waals surface area contributed by atoms with Crippen LogP contribution >= 0.6 is 0 Å².